The van der Waals surface area contributed by atoms with E-state index in [0.717, 1.165) is 12.2 Å². The Kier molecular flexibility index (Phi) is 3.42. The van der Waals surface area contributed by atoms with Gasteiger partial charge in [-0.1, -0.05) is 19.1 Å². The molecule has 17 heavy (non-hydrogen) atoms. The second-order valence-electron chi connectivity index (χ2n) is 4.07. The first-order valence-corrected chi connectivity index (χ1v) is 5.86. The van der Waals surface area contributed by atoms with Crippen molar-refractivity contribution in [1.29, 1.82) is 0 Å². The molecule has 1 saturated heterocycles. The third kappa shape index (κ3) is 2.46. The van der Waals surface area contributed by atoms with Crippen LogP contribution in [0, 0.1) is 0 Å². The van der Waals surface area contributed by atoms with Crippen LogP contribution in [-0.2, 0) is 4.79 Å². The molecule has 1 aromatic rings. The Bertz CT molecular complexity index is 443. The molecule has 2 rings (SSSR count). The van der Waals surface area contributed by atoms with E-state index in [9.17, 15) is 9.59 Å². The lowest BCUT2D eigenvalue weighted by Crippen LogP contribution is -2.48. The van der Waals surface area contributed by atoms with Crippen LogP contribution >= 0.6 is 0 Å². The monoisotopic (exact) mass is 232 g/mol. The molecule has 1 aromatic carbocycles. The minimum absolute atomic E-state index is 0.00926. The second kappa shape index (κ2) is 4.99. The number of ketones is 1. The molecule has 90 valence electrons. The smallest absolute Gasteiger partial charge is 0.239 e. The van der Waals surface area contributed by atoms with Crippen LogP contribution in [0.1, 0.15) is 23.7 Å². The van der Waals surface area contributed by atoms with Crippen LogP contribution < -0.4 is 10.2 Å². The number of anilines is 1. The van der Waals surface area contributed by atoms with E-state index in [4.69, 9.17) is 0 Å². The first kappa shape index (κ1) is 11.6. The number of nitrogens with zero attached hydrogens (tertiary/aromatic N) is 1. The molecule has 1 heterocycles. The van der Waals surface area contributed by atoms with Crippen LogP contribution in [0.4, 0.5) is 5.69 Å². The first-order chi connectivity index (χ1) is 8.22. The van der Waals surface area contributed by atoms with Gasteiger partial charge in [0, 0.05) is 30.8 Å². The third-order valence-corrected chi connectivity index (χ3v) is 2.90. The van der Waals surface area contributed by atoms with Gasteiger partial charge in [0.15, 0.2) is 5.78 Å². The molecule has 1 fully saturated rings. The zero-order chi connectivity index (χ0) is 12.3. The van der Waals surface area contributed by atoms with E-state index in [1.165, 1.54) is 0 Å². The summed E-state index contributed by atoms with van der Waals surface area (Å²) < 4.78 is 0. The van der Waals surface area contributed by atoms with Gasteiger partial charge in [-0.3, -0.25) is 9.59 Å². The molecule has 0 spiro atoms. The molecule has 1 amide bonds. The number of carbonyl (C=O) groups excluding carboxylic acids is 2. The van der Waals surface area contributed by atoms with E-state index in [0.29, 0.717) is 25.1 Å². The molecule has 0 radical (unpaired) electrons. The van der Waals surface area contributed by atoms with Gasteiger partial charge in [0.2, 0.25) is 5.91 Å². The predicted molar refractivity (Wildman–Crippen MR) is 66.3 cm³/mol. The largest absolute Gasteiger partial charge is 0.360 e. The maximum Gasteiger partial charge on any atom is 0.239 e. The number of hydrogen-bond donors (Lipinski definition) is 1. The lowest BCUT2D eigenvalue weighted by Gasteiger charge is -2.30. The second-order valence-corrected chi connectivity index (χ2v) is 4.07. The first-order valence-electron chi connectivity index (χ1n) is 5.86. The fraction of sp³-hybridized carbons (Fsp3) is 0.385. The maximum atomic E-state index is 11.8. The molecule has 1 N–H and O–H groups in total. The molecular weight excluding hydrogens is 216 g/mol. The SMILES string of the molecule is CCC(=O)c1ccccc1N1CCNC(=O)C1. The van der Waals surface area contributed by atoms with Gasteiger partial charge in [-0.2, -0.15) is 0 Å². The third-order valence-electron chi connectivity index (χ3n) is 2.90. The van der Waals surface area contributed by atoms with E-state index in [-0.39, 0.29) is 11.7 Å². The summed E-state index contributed by atoms with van der Waals surface area (Å²) in [5.74, 6) is 0.126. The van der Waals surface area contributed by atoms with E-state index in [1.54, 1.807) is 0 Å². The standard InChI is InChI=1S/C13H16N2O2/c1-2-12(16)10-5-3-4-6-11(10)15-8-7-14-13(17)9-15/h3-6H,2,7-9H2,1H3,(H,14,17). The van der Waals surface area contributed by atoms with Crippen molar-refractivity contribution in [3.8, 4) is 0 Å². The fourth-order valence-electron chi connectivity index (χ4n) is 2.02. The van der Waals surface area contributed by atoms with Crippen molar-refractivity contribution in [3.63, 3.8) is 0 Å². The number of rotatable bonds is 3. The minimum Gasteiger partial charge on any atom is -0.360 e. The molecule has 0 atom stereocenters. The van der Waals surface area contributed by atoms with Crippen LogP contribution in [0.25, 0.3) is 0 Å². The summed E-state index contributed by atoms with van der Waals surface area (Å²) in [4.78, 5) is 25.2. The number of nitrogens with one attached hydrogen (secondary N) is 1. The van der Waals surface area contributed by atoms with Gasteiger partial charge >= 0.3 is 0 Å². The van der Waals surface area contributed by atoms with Crippen molar-refractivity contribution in [2.45, 2.75) is 13.3 Å². The van der Waals surface area contributed by atoms with Gasteiger partial charge in [0.1, 0.15) is 0 Å². The van der Waals surface area contributed by atoms with Crippen LogP contribution in [0.3, 0.4) is 0 Å². The number of hydrogen-bond acceptors (Lipinski definition) is 3. The van der Waals surface area contributed by atoms with Gasteiger partial charge in [-0.05, 0) is 12.1 Å². The number of benzene rings is 1. The molecule has 0 aliphatic carbocycles. The summed E-state index contributed by atoms with van der Waals surface area (Å²) in [7, 11) is 0. The van der Waals surface area contributed by atoms with Gasteiger partial charge in [-0.15, -0.1) is 0 Å². The molecule has 0 saturated carbocycles. The average Bonchev–Trinajstić information content (AvgIpc) is 2.38. The molecule has 4 nitrogen and oxygen atoms in total. The molecule has 4 heteroatoms. The average molecular weight is 232 g/mol. The molecule has 0 aromatic heterocycles. The molecule has 0 bridgehead atoms. The number of para-hydroxylation sites is 1. The summed E-state index contributed by atoms with van der Waals surface area (Å²) >= 11 is 0. The zero-order valence-electron chi connectivity index (χ0n) is 9.90. The Morgan fingerprint density at radius 1 is 1.41 bits per heavy atom. The molecule has 1 aliphatic heterocycles. The highest BCUT2D eigenvalue weighted by atomic mass is 16.2. The van der Waals surface area contributed by atoms with E-state index in [2.05, 4.69) is 5.32 Å². The lowest BCUT2D eigenvalue weighted by molar-refractivity contribution is -0.120. The zero-order valence-corrected chi connectivity index (χ0v) is 9.90. The maximum absolute atomic E-state index is 11.8. The predicted octanol–water partition coefficient (Wildman–Crippen LogP) is 1.22. The Labute approximate surface area is 101 Å². The number of carbonyl (C=O) groups is 2. The van der Waals surface area contributed by atoms with Crippen molar-refractivity contribution in [2.24, 2.45) is 0 Å². The van der Waals surface area contributed by atoms with Gasteiger partial charge < -0.3 is 10.2 Å². The fourth-order valence-corrected chi connectivity index (χ4v) is 2.02. The number of piperazine rings is 1. The summed E-state index contributed by atoms with van der Waals surface area (Å²) in [6.07, 6.45) is 0.483. The van der Waals surface area contributed by atoms with Gasteiger partial charge in [-0.25, -0.2) is 0 Å². The van der Waals surface area contributed by atoms with E-state index < -0.39 is 0 Å². The summed E-state index contributed by atoms with van der Waals surface area (Å²) in [6, 6.07) is 7.49. The Hall–Kier alpha value is -1.84. The van der Waals surface area contributed by atoms with Crippen molar-refractivity contribution < 1.29 is 9.59 Å². The van der Waals surface area contributed by atoms with Crippen LogP contribution in [-0.4, -0.2) is 31.3 Å². The van der Waals surface area contributed by atoms with Crippen molar-refractivity contribution in [3.05, 3.63) is 29.8 Å². The molecular formula is C13H16N2O2. The Morgan fingerprint density at radius 3 is 2.88 bits per heavy atom. The van der Waals surface area contributed by atoms with E-state index in [1.807, 2.05) is 36.1 Å². The quantitative estimate of drug-likeness (QED) is 0.797. The Balaban J connectivity index is 2.30. The van der Waals surface area contributed by atoms with Crippen LogP contribution in [0.15, 0.2) is 24.3 Å². The molecule has 1 aliphatic rings. The van der Waals surface area contributed by atoms with Crippen LogP contribution in [0.2, 0.25) is 0 Å². The van der Waals surface area contributed by atoms with E-state index >= 15 is 0 Å². The number of Topliss-reactive ketones (excluding diaryl/α,β-unsaturated/α-hetero) is 1. The van der Waals surface area contributed by atoms with Gasteiger partial charge in [0.25, 0.3) is 0 Å². The highest BCUT2D eigenvalue weighted by Gasteiger charge is 2.20. The van der Waals surface area contributed by atoms with Crippen molar-refractivity contribution in [2.75, 3.05) is 24.5 Å². The normalized spacial score (nSPS) is 15.6. The van der Waals surface area contributed by atoms with Crippen LogP contribution in [0.5, 0.6) is 0 Å². The summed E-state index contributed by atoms with van der Waals surface area (Å²) in [5.41, 5.74) is 1.58. The lowest BCUT2D eigenvalue weighted by atomic mass is 10.1. The topological polar surface area (TPSA) is 49.4 Å². The van der Waals surface area contributed by atoms with Crippen molar-refractivity contribution in [1.82, 2.24) is 5.32 Å². The highest BCUT2D eigenvalue weighted by Crippen LogP contribution is 2.22. The summed E-state index contributed by atoms with van der Waals surface area (Å²) in [5, 5.41) is 2.78. The minimum atomic E-state index is 0.00926. The highest BCUT2D eigenvalue weighted by molar-refractivity contribution is 6.01. The summed E-state index contributed by atoms with van der Waals surface area (Å²) in [6.45, 7) is 3.56. The Morgan fingerprint density at radius 2 is 2.18 bits per heavy atom. The number of amides is 1. The van der Waals surface area contributed by atoms with Gasteiger partial charge in [0.05, 0.1) is 6.54 Å². The molecule has 0 unspecified atom stereocenters. The van der Waals surface area contributed by atoms with Crippen molar-refractivity contribution >= 4 is 17.4 Å².